The van der Waals surface area contributed by atoms with Gasteiger partial charge in [0.1, 0.15) is 0 Å². The third-order valence-corrected chi connectivity index (χ3v) is 2.80. The molecule has 0 aromatic heterocycles. The van der Waals surface area contributed by atoms with Crippen LogP contribution in [0, 0.1) is 0 Å². The first-order chi connectivity index (χ1) is 6.24. The van der Waals surface area contributed by atoms with Crippen LogP contribution >= 0.6 is 0 Å². The Bertz CT molecular complexity index is 136. The van der Waals surface area contributed by atoms with E-state index in [1.165, 1.54) is 32.1 Å². The maximum atomic E-state index is 5.52. The quantitative estimate of drug-likeness (QED) is 0.681. The van der Waals surface area contributed by atoms with Crippen molar-refractivity contribution >= 4 is 0 Å². The molecule has 1 N–H and O–H groups in total. The van der Waals surface area contributed by atoms with Crippen molar-refractivity contribution in [3.63, 3.8) is 0 Å². The van der Waals surface area contributed by atoms with Gasteiger partial charge in [-0.15, -0.1) is 0 Å². The summed E-state index contributed by atoms with van der Waals surface area (Å²) in [6.07, 6.45) is 6.98. The Morgan fingerprint density at radius 2 is 1.85 bits per heavy atom. The first-order valence-corrected chi connectivity index (χ1v) is 5.53. The van der Waals surface area contributed by atoms with E-state index < -0.39 is 0 Å². The molecule has 2 atom stereocenters. The maximum absolute atomic E-state index is 5.52. The summed E-state index contributed by atoms with van der Waals surface area (Å²) in [5, 5.41) is 3.60. The van der Waals surface area contributed by atoms with Crippen LogP contribution in [-0.4, -0.2) is 25.3 Å². The van der Waals surface area contributed by atoms with Gasteiger partial charge in [-0.25, -0.2) is 0 Å². The number of hydrogen-bond donors (Lipinski definition) is 1. The molecule has 1 aliphatic carbocycles. The van der Waals surface area contributed by atoms with Gasteiger partial charge in [0, 0.05) is 19.2 Å². The third-order valence-electron chi connectivity index (χ3n) is 2.80. The van der Waals surface area contributed by atoms with Gasteiger partial charge in [-0.1, -0.05) is 33.1 Å². The van der Waals surface area contributed by atoms with Crippen molar-refractivity contribution in [1.29, 1.82) is 0 Å². The minimum absolute atomic E-state index is 0.435. The second kappa shape index (κ2) is 5.61. The van der Waals surface area contributed by atoms with Crippen LogP contribution in [0.4, 0.5) is 0 Å². The molecule has 13 heavy (non-hydrogen) atoms. The summed E-state index contributed by atoms with van der Waals surface area (Å²) >= 11 is 0. The molecule has 1 fully saturated rings. The van der Waals surface area contributed by atoms with Crippen LogP contribution < -0.4 is 5.32 Å². The predicted octanol–water partition coefficient (Wildman–Crippen LogP) is 2.33. The normalized spacial score (nSPS) is 30.5. The molecule has 0 unspecified atom stereocenters. The number of hydrogen-bond acceptors (Lipinski definition) is 2. The lowest BCUT2D eigenvalue weighted by Crippen LogP contribution is -2.43. The molecule has 0 spiro atoms. The van der Waals surface area contributed by atoms with E-state index in [2.05, 4.69) is 19.2 Å². The largest absolute Gasteiger partial charge is 0.380 e. The Kier molecular flexibility index (Phi) is 4.74. The topological polar surface area (TPSA) is 21.3 Å². The van der Waals surface area contributed by atoms with Crippen LogP contribution in [0.15, 0.2) is 0 Å². The van der Waals surface area contributed by atoms with Gasteiger partial charge in [0.05, 0.1) is 6.10 Å². The summed E-state index contributed by atoms with van der Waals surface area (Å²) in [6, 6.07) is 1.15. The molecule has 0 radical (unpaired) electrons. The standard InChI is InChI=1S/C11H23NO/c1-9(2)12-10-7-5-4-6-8-11(10)13-3/h9-12H,4-8H2,1-3H3/t10-,11-/m1/s1. The fourth-order valence-electron chi connectivity index (χ4n) is 2.17. The van der Waals surface area contributed by atoms with Crippen LogP contribution in [-0.2, 0) is 4.74 Å². The molecule has 0 heterocycles. The molecule has 1 saturated carbocycles. The maximum Gasteiger partial charge on any atom is 0.0724 e. The van der Waals surface area contributed by atoms with E-state index in [0.717, 1.165) is 0 Å². The summed E-state index contributed by atoms with van der Waals surface area (Å²) < 4.78 is 5.52. The Hall–Kier alpha value is -0.0800. The van der Waals surface area contributed by atoms with Crippen LogP contribution in [0.1, 0.15) is 46.0 Å². The van der Waals surface area contributed by atoms with Gasteiger partial charge in [-0.3, -0.25) is 0 Å². The van der Waals surface area contributed by atoms with E-state index in [-0.39, 0.29) is 0 Å². The minimum atomic E-state index is 0.435. The molecular weight excluding hydrogens is 162 g/mol. The monoisotopic (exact) mass is 185 g/mol. The molecule has 2 nitrogen and oxygen atoms in total. The smallest absolute Gasteiger partial charge is 0.0724 e. The summed E-state index contributed by atoms with van der Waals surface area (Å²) in [7, 11) is 1.84. The Balaban J connectivity index is 2.44. The molecule has 0 aromatic carbocycles. The van der Waals surface area contributed by atoms with Crippen LogP contribution in [0.3, 0.4) is 0 Å². The lowest BCUT2D eigenvalue weighted by atomic mass is 10.1. The summed E-state index contributed by atoms with van der Waals surface area (Å²) in [4.78, 5) is 0. The van der Waals surface area contributed by atoms with Gasteiger partial charge in [-0.2, -0.15) is 0 Å². The summed E-state index contributed by atoms with van der Waals surface area (Å²) in [5.74, 6) is 0. The lowest BCUT2D eigenvalue weighted by molar-refractivity contribution is 0.0604. The molecular formula is C11H23NO. The number of nitrogens with one attached hydrogen (secondary N) is 1. The van der Waals surface area contributed by atoms with E-state index >= 15 is 0 Å². The second-order valence-corrected chi connectivity index (χ2v) is 4.34. The first kappa shape index (κ1) is 11.0. The van der Waals surface area contributed by atoms with Gasteiger partial charge >= 0.3 is 0 Å². The van der Waals surface area contributed by atoms with E-state index in [0.29, 0.717) is 18.2 Å². The van der Waals surface area contributed by atoms with E-state index in [1.807, 2.05) is 7.11 Å². The van der Waals surface area contributed by atoms with Gasteiger partial charge in [0.15, 0.2) is 0 Å². The zero-order valence-corrected chi connectivity index (χ0v) is 9.18. The van der Waals surface area contributed by atoms with E-state index in [9.17, 15) is 0 Å². The van der Waals surface area contributed by atoms with Crippen molar-refractivity contribution < 1.29 is 4.74 Å². The summed E-state index contributed by atoms with van der Waals surface area (Å²) in [6.45, 7) is 4.41. The third kappa shape index (κ3) is 3.65. The molecule has 0 saturated heterocycles. The van der Waals surface area contributed by atoms with Crippen molar-refractivity contribution in [3.8, 4) is 0 Å². The van der Waals surface area contributed by atoms with Gasteiger partial charge in [-0.05, 0) is 12.8 Å². The average Bonchev–Trinajstić information content (AvgIpc) is 2.28. The van der Waals surface area contributed by atoms with Crippen molar-refractivity contribution in [1.82, 2.24) is 5.32 Å². The number of rotatable bonds is 3. The average molecular weight is 185 g/mol. The molecule has 1 rings (SSSR count). The predicted molar refractivity (Wildman–Crippen MR) is 55.9 cm³/mol. The van der Waals surface area contributed by atoms with E-state index in [4.69, 9.17) is 4.74 Å². The first-order valence-electron chi connectivity index (χ1n) is 5.53. The molecule has 1 aliphatic rings. The highest BCUT2D eigenvalue weighted by Crippen LogP contribution is 2.20. The van der Waals surface area contributed by atoms with E-state index in [1.54, 1.807) is 0 Å². The molecule has 2 heteroatoms. The zero-order valence-electron chi connectivity index (χ0n) is 9.18. The second-order valence-electron chi connectivity index (χ2n) is 4.34. The molecule has 0 aromatic rings. The fourth-order valence-corrected chi connectivity index (χ4v) is 2.17. The van der Waals surface area contributed by atoms with Gasteiger partial charge in [0.25, 0.3) is 0 Å². The lowest BCUT2D eigenvalue weighted by Gasteiger charge is -2.26. The molecule has 0 bridgehead atoms. The van der Waals surface area contributed by atoms with Crippen LogP contribution in [0.5, 0.6) is 0 Å². The molecule has 0 amide bonds. The zero-order chi connectivity index (χ0) is 9.68. The van der Waals surface area contributed by atoms with Crippen LogP contribution in [0.25, 0.3) is 0 Å². The van der Waals surface area contributed by atoms with Crippen molar-refractivity contribution in [3.05, 3.63) is 0 Å². The molecule has 0 aliphatic heterocycles. The number of methoxy groups -OCH3 is 1. The highest BCUT2D eigenvalue weighted by Gasteiger charge is 2.23. The van der Waals surface area contributed by atoms with Gasteiger partial charge in [0.2, 0.25) is 0 Å². The minimum Gasteiger partial charge on any atom is -0.380 e. The Morgan fingerprint density at radius 1 is 1.15 bits per heavy atom. The number of ether oxygens (including phenoxy) is 1. The molecule has 78 valence electrons. The van der Waals surface area contributed by atoms with Crippen LogP contribution in [0.2, 0.25) is 0 Å². The van der Waals surface area contributed by atoms with Crippen molar-refractivity contribution in [2.24, 2.45) is 0 Å². The van der Waals surface area contributed by atoms with Crippen molar-refractivity contribution in [2.45, 2.75) is 64.1 Å². The SMILES string of the molecule is CO[C@@H]1CCCCC[C@H]1NC(C)C. The highest BCUT2D eigenvalue weighted by atomic mass is 16.5. The fraction of sp³-hybridized carbons (Fsp3) is 1.00. The Labute approximate surface area is 82.0 Å². The summed E-state index contributed by atoms with van der Waals surface area (Å²) in [5.41, 5.74) is 0. The van der Waals surface area contributed by atoms with Gasteiger partial charge < -0.3 is 10.1 Å². The van der Waals surface area contributed by atoms with Crippen molar-refractivity contribution in [2.75, 3.05) is 7.11 Å². The highest BCUT2D eigenvalue weighted by molar-refractivity contribution is 4.81. The Morgan fingerprint density at radius 3 is 2.46 bits per heavy atom.